The van der Waals surface area contributed by atoms with Crippen molar-refractivity contribution in [3.8, 4) is 5.75 Å². The molecule has 1 aromatic rings. The first-order valence-electron chi connectivity index (χ1n) is 16.5. The van der Waals surface area contributed by atoms with Crippen LogP contribution in [0, 0.1) is 11.8 Å². The molecule has 0 aromatic heterocycles. The molecule has 1 saturated heterocycles. The van der Waals surface area contributed by atoms with Crippen LogP contribution >= 0.6 is 0 Å². The minimum atomic E-state index is -0.767. The van der Waals surface area contributed by atoms with Crippen LogP contribution in [-0.4, -0.2) is 75.2 Å². The second-order valence-electron chi connectivity index (χ2n) is 12.8. The van der Waals surface area contributed by atoms with Crippen LogP contribution in [0.15, 0.2) is 54.6 Å². The van der Waals surface area contributed by atoms with Crippen LogP contribution in [0.1, 0.15) is 71.6 Å². The molecule has 254 valence electrons. The van der Waals surface area contributed by atoms with Gasteiger partial charge in [0.15, 0.2) is 6.10 Å². The minimum Gasteiger partial charge on any atom is -0.490 e. The molecule has 1 heterocycles. The monoisotopic (exact) mass is 642 g/mol. The second kappa shape index (κ2) is 17.4. The third-order valence-corrected chi connectivity index (χ3v) is 8.91. The number of esters is 1. The van der Waals surface area contributed by atoms with Gasteiger partial charge in [0.2, 0.25) is 5.79 Å². The maximum atomic E-state index is 12.8. The number of carbonyl (C=O) groups is 3. The molecule has 2 aliphatic carbocycles. The van der Waals surface area contributed by atoms with Crippen molar-refractivity contribution in [1.29, 1.82) is 0 Å². The third-order valence-electron chi connectivity index (χ3n) is 8.91. The zero-order chi connectivity index (χ0) is 32.9. The quantitative estimate of drug-likeness (QED) is 0.0570. The van der Waals surface area contributed by atoms with Crippen LogP contribution < -0.4 is 15.4 Å². The summed E-state index contributed by atoms with van der Waals surface area (Å²) >= 11 is 0. The van der Waals surface area contributed by atoms with Gasteiger partial charge in [0.05, 0.1) is 6.61 Å². The molecule has 2 atom stereocenters. The Morgan fingerprint density at radius 1 is 0.848 bits per heavy atom. The van der Waals surface area contributed by atoms with Gasteiger partial charge >= 0.3 is 18.2 Å². The number of rotatable bonds is 16. The summed E-state index contributed by atoms with van der Waals surface area (Å²) in [5.41, 5.74) is 1.09. The summed E-state index contributed by atoms with van der Waals surface area (Å²) in [7, 11) is 0. The standard InChI is InChI=1S/C35H50N2O9/c1-24(2)32(38)43-22-31(21-42-30-8-6-5-7-9-30)46-34(40)37-29-16-12-27(13-17-29)20-26-10-14-28(15-11-26)36-33(39)41-18-19-44-35(23-45-35)25(3)4/h5-9,26-29,31H,1,3,10-23H2,2,4H3,(H,36,39)(H,37,40). The number of epoxide rings is 1. The Hall–Kier alpha value is -3.57. The SMILES string of the molecule is C=C(C)C(=O)OCC(COc1ccccc1)OC(=O)NC1CCC(CC2CCC(NC(=O)OCCOC3(C(=C)C)CO3)CC2)CC1. The first-order valence-corrected chi connectivity index (χ1v) is 16.5. The molecule has 4 rings (SSSR count). The number of alkyl carbamates (subject to hydrolysis) is 2. The van der Waals surface area contributed by atoms with Gasteiger partial charge in [-0.05, 0) is 101 Å². The third kappa shape index (κ3) is 11.7. The van der Waals surface area contributed by atoms with Gasteiger partial charge in [0.25, 0.3) is 0 Å². The number of ether oxygens (including phenoxy) is 6. The minimum absolute atomic E-state index is 0.0388. The summed E-state index contributed by atoms with van der Waals surface area (Å²) in [6.07, 6.45) is 7.40. The van der Waals surface area contributed by atoms with Gasteiger partial charge in [0.1, 0.15) is 32.2 Å². The van der Waals surface area contributed by atoms with Crippen LogP contribution in [0.25, 0.3) is 0 Å². The first kappa shape index (κ1) is 35.3. The van der Waals surface area contributed by atoms with Crippen molar-refractivity contribution >= 4 is 18.2 Å². The second-order valence-corrected chi connectivity index (χ2v) is 12.8. The van der Waals surface area contributed by atoms with Gasteiger partial charge < -0.3 is 39.1 Å². The summed E-state index contributed by atoms with van der Waals surface area (Å²) in [4.78, 5) is 36.9. The normalized spacial score (nSPS) is 26.1. The molecule has 2 saturated carbocycles. The maximum Gasteiger partial charge on any atom is 0.407 e. The zero-order valence-electron chi connectivity index (χ0n) is 27.3. The van der Waals surface area contributed by atoms with Gasteiger partial charge in [-0.3, -0.25) is 0 Å². The Morgan fingerprint density at radius 3 is 1.98 bits per heavy atom. The van der Waals surface area contributed by atoms with E-state index in [0.29, 0.717) is 24.2 Å². The van der Waals surface area contributed by atoms with E-state index in [2.05, 4.69) is 23.8 Å². The van der Waals surface area contributed by atoms with E-state index < -0.39 is 30.0 Å². The molecule has 0 spiro atoms. The van der Waals surface area contributed by atoms with Gasteiger partial charge in [-0.2, -0.15) is 0 Å². The van der Waals surface area contributed by atoms with E-state index in [1.54, 1.807) is 19.1 Å². The largest absolute Gasteiger partial charge is 0.490 e. The Labute approximate surface area is 272 Å². The summed E-state index contributed by atoms with van der Waals surface area (Å²) < 4.78 is 32.8. The van der Waals surface area contributed by atoms with E-state index in [1.807, 2.05) is 25.1 Å². The molecule has 2 N–H and O–H groups in total. The fraction of sp³-hybridized carbons (Fsp3) is 0.629. The fourth-order valence-corrected chi connectivity index (χ4v) is 6.09. The summed E-state index contributed by atoms with van der Waals surface area (Å²) in [5.74, 6) is 0.669. The van der Waals surface area contributed by atoms with Crippen molar-refractivity contribution in [2.24, 2.45) is 11.8 Å². The predicted molar refractivity (Wildman–Crippen MR) is 171 cm³/mol. The van der Waals surface area contributed by atoms with Crippen molar-refractivity contribution in [3.05, 3.63) is 54.6 Å². The molecule has 2 unspecified atom stereocenters. The molecule has 3 fully saturated rings. The van der Waals surface area contributed by atoms with Gasteiger partial charge in [-0.15, -0.1) is 0 Å². The van der Waals surface area contributed by atoms with Crippen molar-refractivity contribution < 1.29 is 42.8 Å². The van der Waals surface area contributed by atoms with Crippen LogP contribution in [-0.2, 0) is 28.5 Å². The van der Waals surface area contributed by atoms with E-state index in [-0.39, 0.29) is 44.1 Å². The Morgan fingerprint density at radius 2 is 1.43 bits per heavy atom. The molecule has 0 bridgehead atoms. The summed E-state index contributed by atoms with van der Waals surface area (Å²) in [6, 6.07) is 9.36. The number of amides is 2. The van der Waals surface area contributed by atoms with Crippen molar-refractivity contribution in [2.75, 3.05) is 33.0 Å². The lowest BCUT2D eigenvalue weighted by Gasteiger charge is -2.34. The number of hydrogen-bond donors (Lipinski definition) is 2. The predicted octanol–water partition coefficient (Wildman–Crippen LogP) is 5.83. The van der Waals surface area contributed by atoms with E-state index >= 15 is 0 Å². The molecule has 11 nitrogen and oxygen atoms in total. The number of nitrogens with one attached hydrogen (secondary N) is 2. The van der Waals surface area contributed by atoms with E-state index in [1.165, 1.54) is 6.42 Å². The molecular weight excluding hydrogens is 592 g/mol. The average Bonchev–Trinajstić information content (AvgIpc) is 3.84. The van der Waals surface area contributed by atoms with Crippen molar-refractivity contribution in [1.82, 2.24) is 10.6 Å². The van der Waals surface area contributed by atoms with Gasteiger partial charge in [0, 0.05) is 17.7 Å². The number of para-hydroxylation sites is 1. The number of carbonyl (C=O) groups excluding carboxylic acids is 3. The zero-order valence-corrected chi connectivity index (χ0v) is 27.3. The first-order chi connectivity index (χ1) is 22.1. The fourth-order valence-electron chi connectivity index (χ4n) is 6.09. The molecule has 3 aliphatic rings. The summed E-state index contributed by atoms with van der Waals surface area (Å²) in [5, 5.41) is 5.99. The highest BCUT2D eigenvalue weighted by molar-refractivity contribution is 5.86. The van der Waals surface area contributed by atoms with Crippen LogP contribution in [0.3, 0.4) is 0 Å². The number of hydrogen-bond acceptors (Lipinski definition) is 9. The summed E-state index contributed by atoms with van der Waals surface area (Å²) in [6.45, 7) is 11.7. The van der Waals surface area contributed by atoms with Gasteiger partial charge in [-0.1, -0.05) is 31.4 Å². The molecule has 0 radical (unpaired) electrons. The topological polar surface area (TPSA) is 134 Å². The molecule has 1 aromatic carbocycles. The van der Waals surface area contributed by atoms with E-state index in [9.17, 15) is 14.4 Å². The van der Waals surface area contributed by atoms with Crippen molar-refractivity contribution in [2.45, 2.75) is 95.6 Å². The highest BCUT2D eigenvalue weighted by Crippen LogP contribution is 2.36. The molecule has 1 aliphatic heterocycles. The lowest BCUT2D eigenvalue weighted by atomic mass is 9.76. The van der Waals surface area contributed by atoms with E-state index in [0.717, 1.165) is 56.9 Å². The lowest BCUT2D eigenvalue weighted by molar-refractivity contribution is -0.142. The van der Waals surface area contributed by atoms with Crippen molar-refractivity contribution in [3.63, 3.8) is 0 Å². The Balaban J connectivity index is 1.08. The maximum absolute atomic E-state index is 12.8. The highest BCUT2D eigenvalue weighted by atomic mass is 16.8. The Kier molecular flexibility index (Phi) is 13.3. The van der Waals surface area contributed by atoms with Crippen LogP contribution in [0.4, 0.5) is 9.59 Å². The Bertz CT molecular complexity index is 1170. The van der Waals surface area contributed by atoms with Crippen LogP contribution in [0.2, 0.25) is 0 Å². The van der Waals surface area contributed by atoms with Crippen LogP contribution in [0.5, 0.6) is 5.75 Å². The van der Waals surface area contributed by atoms with E-state index in [4.69, 9.17) is 28.4 Å². The molecular formula is C35H50N2O9. The smallest absolute Gasteiger partial charge is 0.407 e. The molecule has 2 amide bonds. The number of benzene rings is 1. The molecule has 46 heavy (non-hydrogen) atoms. The molecule has 11 heteroatoms. The lowest BCUT2D eigenvalue weighted by Crippen LogP contribution is -2.42. The highest BCUT2D eigenvalue weighted by Gasteiger charge is 2.47. The van der Waals surface area contributed by atoms with Gasteiger partial charge in [-0.25, -0.2) is 14.4 Å². The average molecular weight is 643 g/mol.